The van der Waals surface area contributed by atoms with Crippen LogP contribution in [0.25, 0.3) is 0 Å². The Labute approximate surface area is 52.5 Å². The maximum Gasteiger partial charge on any atom is 0.164 e. The predicted molar refractivity (Wildman–Crippen MR) is 32.2 cm³/mol. The van der Waals surface area contributed by atoms with Crippen LogP contribution in [-0.2, 0) is 13.1 Å². The number of rotatable bonds is 2. The molecule has 0 spiro atoms. The summed E-state index contributed by atoms with van der Waals surface area (Å²) in [6.07, 6.45) is 0. The lowest BCUT2D eigenvalue weighted by molar-refractivity contribution is 0.911. The third-order valence-corrected chi connectivity index (χ3v) is 0.954. The second-order valence-corrected chi connectivity index (χ2v) is 1.61. The summed E-state index contributed by atoms with van der Waals surface area (Å²) in [7, 11) is 0. The molecule has 9 heavy (non-hydrogen) atoms. The first kappa shape index (κ1) is 6.18. The number of aromatic nitrogens is 3. The summed E-state index contributed by atoms with van der Waals surface area (Å²) in [6.45, 7) is 0.740. The van der Waals surface area contributed by atoms with Crippen molar-refractivity contribution in [1.82, 2.24) is 15.2 Å². The highest BCUT2D eigenvalue weighted by Crippen LogP contribution is 1.87. The first-order chi connectivity index (χ1) is 4.36. The fourth-order valence-corrected chi connectivity index (χ4v) is 0.517. The quantitative estimate of drug-likeness (QED) is 0.461. The van der Waals surface area contributed by atoms with E-state index in [2.05, 4.69) is 15.2 Å². The topological polar surface area (TPSA) is 93.6 Å². The Kier molecular flexibility index (Phi) is 1.76. The molecule has 5 heteroatoms. The van der Waals surface area contributed by atoms with Gasteiger partial charge in [-0.1, -0.05) is 0 Å². The molecule has 0 fully saturated rings. The van der Waals surface area contributed by atoms with Crippen LogP contribution in [0.15, 0.2) is 0 Å². The Morgan fingerprint density at radius 1 is 1.33 bits per heavy atom. The van der Waals surface area contributed by atoms with Crippen molar-refractivity contribution in [3.8, 4) is 0 Å². The fourth-order valence-electron chi connectivity index (χ4n) is 0.517. The van der Waals surface area contributed by atoms with E-state index in [1.54, 1.807) is 0 Å². The zero-order chi connectivity index (χ0) is 6.69. The molecule has 1 aromatic heterocycles. The molecule has 0 radical (unpaired) electrons. The second-order valence-electron chi connectivity index (χ2n) is 1.61. The van der Waals surface area contributed by atoms with Crippen molar-refractivity contribution < 1.29 is 0 Å². The van der Waals surface area contributed by atoms with E-state index in [9.17, 15) is 0 Å². The van der Waals surface area contributed by atoms with Crippen LogP contribution in [0.2, 0.25) is 0 Å². The van der Waals surface area contributed by atoms with Gasteiger partial charge in [-0.25, -0.2) is 4.98 Å². The molecule has 0 unspecified atom stereocenters. The van der Waals surface area contributed by atoms with Gasteiger partial charge in [0, 0.05) is 0 Å². The Morgan fingerprint density at radius 3 is 2.44 bits per heavy atom. The van der Waals surface area contributed by atoms with Gasteiger partial charge in [0.1, 0.15) is 5.82 Å². The number of nitrogens with zero attached hydrogens (tertiary/aromatic N) is 2. The Bertz CT molecular complexity index is 162. The Balaban J connectivity index is 2.74. The van der Waals surface area contributed by atoms with E-state index >= 15 is 0 Å². The molecule has 1 rings (SSSR count). The maximum atomic E-state index is 5.24. The average molecular weight is 127 g/mol. The summed E-state index contributed by atoms with van der Waals surface area (Å²) in [4.78, 5) is 3.93. The first-order valence-electron chi connectivity index (χ1n) is 2.67. The highest BCUT2D eigenvalue weighted by atomic mass is 15.2. The number of nitrogens with one attached hydrogen (secondary N) is 1. The zero-order valence-corrected chi connectivity index (χ0v) is 4.96. The minimum Gasteiger partial charge on any atom is -0.324 e. The third-order valence-electron chi connectivity index (χ3n) is 0.954. The van der Waals surface area contributed by atoms with E-state index in [4.69, 9.17) is 11.5 Å². The molecule has 0 saturated heterocycles. The van der Waals surface area contributed by atoms with Gasteiger partial charge >= 0.3 is 0 Å². The minimum atomic E-state index is 0.358. The van der Waals surface area contributed by atoms with Gasteiger partial charge in [-0.05, 0) is 0 Å². The minimum absolute atomic E-state index is 0.358. The van der Waals surface area contributed by atoms with Crippen LogP contribution >= 0.6 is 0 Å². The van der Waals surface area contributed by atoms with Crippen molar-refractivity contribution in [2.75, 3.05) is 0 Å². The summed E-state index contributed by atoms with van der Waals surface area (Å²) < 4.78 is 0. The normalized spacial score (nSPS) is 10.0. The van der Waals surface area contributed by atoms with Crippen molar-refractivity contribution in [2.45, 2.75) is 13.1 Å². The van der Waals surface area contributed by atoms with E-state index in [1.807, 2.05) is 0 Å². The molecule has 0 saturated carbocycles. The number of hydrogen-bond acceptors (Lipinski definition) is 4. The molecular weight excluding hydrogens is 118 g/mol. The molecule has 50 valence electrons. The van der Waals surface area contributed by atoms with Crippen LogP contribution in [0, 0.1) is 0 Å². The molecule has 0 atom stereocenters. The molecule has 0 aliphatic rings. The van der Waals surface area contributed by atoms with Gasteiger partial charge < -0.3 is 11.5 Å². The third kappa shape index (κ3) is 1.24. The second kappa shape index (κ2) is 2.56. The van der Waals surface area contributed by atoms with Crippen LogP contribution in [0.1, 0.15) is 11.6 Å². The fraction of sp³-hybridized carbons (Fsp3) is 0.500. The van der Waals surface area contributed by atoms with Crippen molar-refractivity contribution in [1.29, 1.82) is 0 Å². The van der Waals surface area contributed by atoms with Crippen molar-refractivity contribution in [3.63, 3.8) is 0 Å². The van der Waals surface area contributed by atoms with E-state index in [1.165, 1.54) is 0 Å². The predicted octanol–water partition coefficient (Wildman–Crippen LogP) is -1.28. The summed E-state index contributed by atoms with van der Waals surface area (Å²) >= 11 is 0. The molecule has 1 heterocycles. The van der Waals surface area contributed by atoms with Gasteiger partial charge in [-0.2, -0.15) is 5.10 Å². The number of H-pyrrole nitrogens is 1. The lowest BCUT2D eigenvalue weighted by Gasteiger charge is -1.81. The number of hydrogen-bond donors (Lipinski definition) is 3. The van der Waals surface area contributed by atoms with Crippen LogP contribution < -0.4 is 11.5 Å². The monoisotopic (exact) mass is 127 g/mol. The van der Waals surface area contributed by atoms with Crippen LogP contribution in [0.5, 0.6) is 0 Å². The molecular formula is C4H9N5. The molecule has 1 aromatic rings. The van der Waals surface area contributed by atoms with Gasteiger partial charge in [-0.15, -0.1) is 0 Å². The lowest BCUT2D eigenvalue weighted by Crippen LogP contribution is -2.00. The summed E-state index contributed by atoms with van der Waals surface area (Å²) in [5, 5.41) is 6.40. The summed E-state index contributed by atoms with van der Waals surface area (Å²) in [5.74, 6) is 1.28. The Hall–Kier alpha value is -0.940. The molecule has 5 nitrogen and oxygen atoms in total. The van der Waals surface area contributed by atoms with Crippen LogP contribution in [-0.4, -0.2) is 15.2 Å². The van der Waals surface area contributed by atoms with Crippen molar-refractivity contribution in [3.05, 3.63) is 11.6 Å². The molecule has 0 aliphatic heterocycles. The number of aromatic amines is 1. The average Bonchev–Trinajstić information content (AvgIpc) is 2.34. The van der Waals surface area contributed by atoms with Crippen LogP contribution in [0.4, 0.5) is 0 Å². The largest absolute Gasteiger partial charge is 0.324 e. The smallest absolute Gasteiger partial charge is 0.164 e. The van der Waals surface area contributed by atoms with Gasteiger partial charge in [-0.3, -0.25) is 5.10 Å². The zero-order valence-electron chi connectivity index (χ0n) is 4.96. The molecule has 0 aliphatic carbocycles. The lowest BCUT2D eigenvalue weighted by atomic mass is 10.6. The van der Waals surface area contributed by atoms with Crippen molar-refractivity contribution >= 4 is 0 Å². The SMILES string of the molecule is NCc1n[nH]c(CN)n1. The summed E-state index contributed by atoms with van der Waals surface area (Å²) in [5.41, 5.74) is 10.5. The molecule has 5 N–H and O–H groups in total. The van der Waals surface area contributed by atoms with Crippen LogP contribution in [0.3, 0.4) is 0 Å². The molecule has 0 amide bonds. The highest BCUT2D eigenvalue weighted by Gasteiger charge is 1.96. The summed E-state index contributed by atoms with van der Waals surface area (Å²) in [6, 6.07) is 0. The van der Waals surface area contributed by atoms with E-state index in [-0.39, 0.29) is 0 Å². The first-order valence-corrected chi connectivity index (χ1v) is 2.67. The maximum absolute atomic E-state index is 5.24. The number of nitrogens with two attached hydrogens (primary N) is 2. The van der Waals surface area contributed by atoms with Gasteiger partial charge in [0.2, 0.25) is 0 Å². The van der Waals surface area contributed by atoms with Gasteiger partial charge in [0.15, 0.2) is 5.82 Å². The molecule has 0 bridgehead atoms. The van der Waals surface area contributed by atoms with E-state index in [0.717, 1.165) is 0 Å². The standard InChI is InChI=1S/C4H9N5/c5-1-3-7-4(2-6)9-8-3/h1-2,5-6H2,(H,7,8,9). The van der Waals surface area contributed by atoms with E-state index < -0.39 is 0 Å². The van der Waals surface area contributed by atoms with Crippen molar-refractivity contribution in [2.24, 2.45) is 11.5 Å². The van der Waals surface area contributed by atoms with Gasteiger partial charge in [0.05, 0.1) is 13.1 Å². The Morgan fingerprint density at radius 2 is 2.11 bits per heavy atom. The van der Waals surface area contributed by atoms with Gasteiger partial charge in [0.25, 0.3) is 0 Å². The van der Waals surface area contributed by atoms with E-state index in [0.29, 0.717) is 24.7 Å². The molecule has 0 aromatic carbocycles. The highest BCUT2D eigenvalue weighted by molar-refractivity contribution is 4.87.